The van der Waals surface area contributed by atoms with E-state index in [2.05, 4.69) is 32.5 Å². The molecule has 0 aromatic carbocycles. The molecule has 2 N–H and O–H groups in total. The summed E-state index contributed by atoms with van der Waals surface area (Å²) in [5, 5.41) is 6.50. The predicted octanol–water partition coefficient (Wildman–Crippen LogP) is 1.21. The maximum absolute atomic E-state index is 5.43. The number of nitrogens with zero attached hydrogens (tertiary/aromatic N) is 4. The number of anilines is 3. The van der Waals surface area contributed by atoms with Crippen LogP contribution in [0, 0.1) is 5.92 Å². The van der Waals surface area contributed by atoms with Crippen LogP contribution in [0.2, 0.25) is 0 Å². The van der Waals surface area contributed by atoms with Crippen molar-refractivity contribution in [3.63, 3.8) is 0 Å². The molecule has 2 rings (SSSR count). The lowest BCUT2D eigenvalue weighted by Crippen LogP contribution is -2.28. The van der Waals surface area contributed by atoms with Crippen molar-refractivity contribution in [1.82, 2.24) is 15.0 Å². The van der Waals surface area contributed by atoms with Gasteiger partial charge in [0.25, 0.3) is 0 Å². The summed E-state index contributed by atoms with van der Waals surface area (Å²) in [5.41, 5.74) is 0. The molecule has 1 saturated heterocycles. The van der Waals surface area contributed by atoms with Gasteiger partial charge in [-0.05, 0) is 20.3 Å². The predicted molar refractivity (Wildman–Crippen MR) is 80.3 cm³/mol. The Morgan fingerprint density at radius 2 is 2.05 bits per heavy atom. The minimum Gasteiger partial charge on any atom is -0.381 e. The van der Waals surface area contributed by atoms with Crippen LogP contribution in [0.25, 0.3) is 0 Å². The summed E-state index contributed by atoms with van der Waals surface area (Å²) in [6.45, 7) is 6.60. The molecule has 0 radical (unpaired) electrons. The van der Waals surface area contributed by atoms with Gasteiger partial charge >= 0.3 is 0 Å². The lowest BCUT2D eigenvalue weighted by atomic mass is 10.0. The molecule has 1 aromatic heterocycles. The third kappa shape index (κ3) is 3.69. The largest absolute Gasteiger partial charge is 0.381 e. The van der Waals surface area contributed by atoms with Gasteiger partial charge in [-0.25, -0.2) is 0 Å². The van der Waals surface area contributed by atoms with Gasteiger partial charge in [-0.2, -0.15) is 15.0 Å². The topological polar surface area (TPSA) is 75.2 Å². The first-order valence-corrected chi connectivity index (χ1v) is 7.11. The molecule has 7 heteroatoms. The van der Waals surface area contributed by atoms with Gasteiger partial charge in [0.05, 0.1) is 6.61 Å². The van der Waals surface area contributed by atoms with Gasteiger partial charge in [-0.15, -0.1) is 0 Å². The molecular formula is C13H24N6O. The van der Waals surface area contributed by atoms with E-state index in [4.69, 9.17) is 4.74 Å². The molecule has 112 valence electrons. The molecule has 0 saturated carbocycles. The molecule has 2 unspecified atom stereocenters. The van der Waals surface area contributed by atoms with Crippen molar-refractivity contribution in [2.75, 3.05) is 49.4 Å². The molecule has 20 heavy (non-hydrogen) atoms. The Labute approximate surface area is 120 Å². The third-order valence-corrected chi connectivity index (χ3v) is 3.39. The molecular weight excluding hydrogens is 256 g/mol. The van der Waals surface area contributed by atoms with Crippen LogP contribution >= 0.6 is 0 Å². The highest BCUT2D eigenvalue weighted by atomic mass is 16.5. The van der Waals surface area contributed by atoms with Gasteiger partial charge in [-0.3, -0.25) is 0 Å². The average Bonchev–Trinajstić information content (AvgIpc) is 2.92. The molecule has 0 aliphatic carbocycles. The Hall–Kier alpha value is -1.63. The lowest BCUT2D eigenvalue weighted by Gasteiger charge is -2.20. The number of hydrogen-bond donors (Lipinski definition) is 2. The van der Waals surface area contributed by atoms with Crippen LogP contribution in [-0.4, -0.2) is 54.8 Å². The van der Waals surface area contributed by atoms with E-state index in [1.165, 1.54) is 0 Å². The van der Waals surface area contributed by atoms with Crippen LogP contribution in [0.15, 0.2) is 0 Å². The van der Waals surface area contributed by atoms with E-state index < -0.39 is 0 Å². The van der Waals surface area contributed by atoms with Gasteiger partial charge in [0, 0.05) is 39.2 Å². The Morgan fingerprint density at radius 1 is 1.30 bits per heavy atom. The monoisotopic (exact) mass is 280 g/mol. The number of nitrogens with one attached hydrogen (secondary N) is 2. The van der Waals surface area contributed by atoms with E-state index in [9.17, 15) is 0 Å². The fourth-order valence-corrected chi connectivity index (χ4v) is 2.14. The average molecular weight is 280 g/mol. The van der Waals surface area contributed by atoms with E-state index >= 15 is 0 Å². The first kappa shape index (κ1) is 14.8. The SMILES string of the molecule is CCNc1nc(NC(C)C2CCOC2)nc(N(C)C)n1. The summed E-state index contributed by atoms with van der Waals surface area (Å²) in [5.74, 6) is 2.37. The molecule has 2 atom stereocenters. The maximum Gasteiger partial charge on any atom is 0.231 e. The Morgan fingerprint density at radius 3 is 2.65 bits per heavy atom. The van der Waals surface area contributed by atoms with Crippen molar-refractivity contribution < 1.29 is 4.74 Å². The Bertz CT molecular complexity index is 433. The van der Waals surface area contributed by atoms with Gasteiger partial charge < -0.3 is 20.3 Å². The summed E-state index contributed by atoms with van der Waals surface area (Å²) >= 11 is 0. The molecule has 1 fully saturated rings. The van der Waals surface area contributed by atoms with E-state index in [1.54, 1.807) is 0 Å². The second-order valence-electron chi connectivity index (χ2n) is 5.26. The fraction of sp³-hybridized carbons (Fsp3) is 0.769. The maximum atomic E-state index is 5.43. The van der Waals surface area contributed by atoms with E-state index in [-0.39, 0.29) is 6.04 Å². The zero-order valence-electron chi connectivity index (χ0n) is 12.7. The summed E-state index contributed by atoms with van der Waals surface area (Å²) in [7, 11) is 3.84. The molecule has 7 nitrogen and oxygen atoms in total. The highest BCUT2D eigenvalue weighted by Gasteiger charge is 2.23. The first-order chi connectivity index (χ1) is 9.60. The minimum absolute atomic E-state index is 0.282. The summed E-state index contributed by atoms with van der Waals surface area (Å²) < 4.78 is 5.43. The molecule has 1 aliphatic heterocycles. The standard InChI is InChI=1S/C13H24N6O/c1-5-14-11-16-12(18-13(17-11)19(3)4)15-9(2)10-6-7-20-8-10/h9-10H,5-8H2,1-4H3,(H2,14,15,16,17,18). The third-order valence-electron chi connectivity index (χ3n) is 3.39. The zero-order chi connectivity index (χ0) is 14.5. The fourth-order valence-electron chi connectivity index (χ4n) is 2.14. The van der Waals surface area contributed by atoms with Crippen LogP contribution in [0.5, 0.6) is 0 Å². The highest BCUT2D eigenvalue weighted by molar-refractivity contribution is 5.43. The lowest BCUT2D eigenvalue weighted by molar-refractivity contribution is 0.183. The minimum atomic E-state index is 0.282. The van der Waals surface area contributed by atoms with Gasteiger partial charge in [0.15, 0.2) is 0 Å². The summed E-state index contributed by atoms with van der Waals surface area (Å²) in [4.78, 5) is 15.1. The smallest absolute Gasteiger partial charge is 0.231 e. The number of hydrogen-bond acceptors (Lipinski definition) is 7. The Balaban J connectivity index is 2.12. The number of aromatic nitrogens is 3. The van der Waals surface area contributed by atoms with Crippen molar-refractivity contribution >= 4 is 17.8 Å². The van der Waals surface area contributed by atoms with Crippen molar-refractivity contribution in [2.24, 2.45) is 5.92 Å². The molecule has 1 aromatic rings. The van der Waals surface area contributed by atoms with E-state index in [0.717, 1.165) is 26.2 Å². The van der Waals surface area contributed by atoms with Crippen LogP contribution in [0.4, 0.5) is 17.8 Å². The second-order valence-corrected chi connectivity index (χ2v) is 5.26. The van der Waals surface area contributed by atoms with Crippen molar-refractivity contribution in [2.45, 2.75) is 26.3 Å². The molecule has 0 spiro atoms. The van der Waals surface area contributed by atoms with E-state index in [1.807, 2.05) is 25.9 Å². The summed E-state index contributed by atoms with van der Waals surface area (Å²) in [6, 6.07) is 0.282. The van der Waals surface area contributed by atoms with Crippen molar-refractivity contribution in [1.29, 1.82) is 0 Å². The van der Waals surface area contributed by atoms with Gasteiger partial charge in [-0.1, -0.05) is 0 Å². The highest BCUT2D eigenvalue weighted by Crippen LogP contribution is 2.20. The van der Waals surface area contributed by atoms with Crippen LogP contribution in [0.1, 0.15) is 20.3 Å². The number of rotatable bonds is 6. The summed E-state index contributed by atoms with van der Waals surface area (Å²) in [6.07, 6.45) is 1.08. The van der Waals surface area contributed by atoms with Gasteiger partial charge in [0.1, 0.15) is 0 Å². The molecule has 0 amide bonds. The van der Waals surface area contributed by atoms with Gasteiger partial charge in [0.2, 0.25) is 17.8 Å². The van der Waals surface area contributed by atoms with Crippen molar-refractivity contribution in [3.05, 3.63) is 0 Å². The zero-order valence-corrected chi connectivity index (χ0v) is 12.7. The number of ether oxygens (including phenoxy) is 1. The normalized spacial score (nSPS) is 19.7. The molecule has 0 bridgehead atoms. The molecule has 1 aliphatic rings. The quantitative estimate of drug-likeness (QED) is 0.811. The Kier molecular flexibility index (Phi) is 4.94. The second kappa shape index (κ2) is 6.69. The first-order valence-electron chi connectivity index (χ1n) is 7.11. The van der Waals surface area contributed by atoms with Crippen LogP contribution < -0.4 is 15.5 Å². The molecule has 2 heterocycles. The van der Waals surface area contributed by atoms with Crippen LogP contribution in [-0.2, 0) is 4.74 Å². The van der Waals surface area contributed by atoms with Crippen molar-refractivity contribution in [3.8, 4) is 0 Å². The van der Waals surface area contributed by atoms with Crippen LogP contribution in [0.3, 0.4) is 0 Å². The van der Waals surface area contributed by atoms with E-state index in [0.29, 0.717) is 23.8 Å².